The lowest BCUT2D eigenvalue weighted by Crippen LogP contribution is -2.54. The van der Waals surface area contributed by atoms with Crippen molar-refractivity contribution in [1.82, 2.24) is 24.8 Å². The molecule has 48 heavy (non-hydrogen) atoms. The van der Waals surface area contributed by atoms with Gasteiger partial charge in [-0.2, -0.15) is 15.2 Å². The van der Waals surface area contributed by atoms with Gasteiger partial charge in [0.15, 0.2) is 11.6 Å². The highest BCUT2D eigenvalue weighted by Crippen LogP contribution is 2.48. The Morgan fingerprint density at radius 2 is 1.92 bits per heavy atom. The van der Waals surface area contributed by atoms with Gasteiger partial charge in [0.25, 0.3) is 0 Å². The van der Waals surface area contributed by atoms with Gasteiger partial charge in [-0.1, -0.05) is 0 Å². The number of benzene rings is 1. The zero-order valence-electron chi connectivity index (χ0n) is 27.3. The lowest BCUT2D eigenvalue weighted by Gasteiger charge is -2.42. The van der Waals surface area contributed by atoms with Crippen LogP contribution in [-0.4, -0.2) is 95.9 Å². The average molecular weight is 677 g/mol. The lowest BCUT2D eigenvalue weighted by molar-refractivity contribution is 0.112. The van der Waals surface area contributed by atoms with Gasteiger partial charge in [-0.25, -0.2) is 8.78 Å². The van der Waals surface area contributed by atoms with Gasteiger partial charge in [0.2, 0.25) is 0 Å². The minimum Gasteiger partial charge on any atom is -0.459 e. The number of likely N-dealkylation sites (tertiary alicyclic amines) is 2. The summed E-state index contributed by atoms with van der Waals surface area (Å²) in [7, 11) is 3.80. The zero-order chi connectivity index (χ0) is 33.3. The van der Waals surface area contributed by atoms with E-state index in [1.54, 1.807) is 7.11 Å². The summed E-state index contributed by atoms with van der Waals surface area (Å²) in [6, 6.07) is 2.74. The monoisotopic (exact) mass is 676 g/mol. The summed E-state index contributed by atoms with van der Waals surface area (Å²) in [5.41, 5.74) is 7.98. The smallest absolute Gasteiger partial charge is 0.319 e. The van der Waals surface area contributed by atoms with E-state index >= 15 is 8.78 Å². The number of anilines is 2. The van der Waals surface area contributed by atoms with E-state index in [2.05, 4.69) is 32.8 Å². The fraction of sp³-hybridized carbons (Fsp3) is 0.529. The van der Waals surface area contributed by atoms with E-state index in [4.69, 9.17) is 29.9 Å². The van der Waals surface area contributed by atoms with Crippen molar-refractivity contribution in [3.63, 3.8) is 0 Å². The van der Waals surface area contributed by atoms with Crippen LogP contribution in [0, 0.1) is 23.0 Å². The number of halogens is 2. The Hall–Kier alpha value is -3.74. The molecule has 4 aliphatic heterocycles. The average Bonchev–Trinajstić information content (AvgIpc) is 3.86. The van der Waals surface area contributed by atoms with E-state index in [0.717, 1.165) is 75.0 Å². The van der Waals surface area contributed by atoms with Crippen LogP contribution in [-0.2, 0) is 22.7 Å². The standard InChI is InChI=1S/C34H38F2N8O3S/c1-17(24-5-4-8-42(24)2)47-34-40-30-27(33(41-34)44-18-6-7-19(44)14-43(13-18)9-10-45-3)22-16-46-15-21(22)25(28(30)36)29-26-20(11-37)32(38)48-31(26)23(35)12-39-29/h12,17-19,24H,4-10,13-16,38H2,1-3H3. The van der Waals surface area contributed by atoms with Crippen LogP contribution in [0.2, 0.25) is 0 Å². The van der Waals surface area contributed by atoms with Crippen LogP contribution in [0.4, 0.5) is 19.6 Å². The first-order valence-corrected chi connectivity index (χ1v) is 17.4. The molecule has 1 aromatic carbocycles. The number of nitriles is 1. The predicted octanol–water partition coefficient (Wildman–Crippen LogP) is 4.83. The second-order valence-corrected chi connectivity index (χ2v) is 14.4. The van der Waals surface area contributed by atoms with Crippen LogP contribution >= 0.6 is 11.3 Å². The van der Waals surface area contributed by atoms with Crippen molar-refractivity contribution in [2.75, 3.05) is 57.6 Å². The minimum absolute atomic E-state index is 0.0778. The van der Waals surface area contributed by atoms with Gasteiger partial charge in [0, 0.05) is 55.8 Å². The predicted molar refractivity (Wildman–Crippen MR) is 179 cm³/mol. The lowest BCUT2D eigenvalue weighted by atomic mass is 9.93. The number of aromatic nitrogens is 3. The number of ether oxygens (including phenoxy) is 3. The molecule has 2 N–H and O–H groups in total. The number of nitrogen functional groups attached to an aromatic ring is 1. The third-order valence-corrected chi connectivity index (χ3v) is 11.7. The molecule has 4 atom stereocenters. The topological polar surface area (TPSA) is 126 Å². The third kappa shape index (κ3) is 4.97. The maximum Gasteiger partial charge on any atom is 0.319 e. The van der Waals surface area contributed by atoms with Crippen LogP contribution in [0.25, 0.3) is 32.2 Å². The Kier molecular flexibility index (Phi) is 8.08. The number of fused-ring (bicyclic) bond motifs is 6. The van der Waals surface area contributed by atoms with Crippen LogP contribution in [0.1, 0.15) is 49.3 Å². The van der Waals surface area contributed by atoms with E-state index in [-0.39, 0.29) is 80.9 Å². The van der Waals surface area contributed by atoms with Gasteiger partial charge in [0.1, 0.15) is 28.5 Å². The fourth-order valence-electron chi connectivity index (χ4n) is 8.38. The molecule has 14 heteroatoms. The molecule has 0 amide bonds. The number of thiophene rings is 1. The minimum atomic E-state index is -0.631. The molecule has 2 bridgehead atoms. The first-order valence-electron chi connectivity index (χ1n) is 16.5. The van der Waals surface area contributed by atoms with Gasteiger partial charge in [-0.05, 0) is 57.3 Å². The van der Waals surface area contributed by atoms with E-state index in [1.807, 2.05) is 6.92 Å². The normalized spacial score (nSPS) is 23.3. The summed E-state index contributed by atoms with van der Waals surface area (Å²) in [5, 5.41) is 10.9. The Labute approximate surface area is 281 Å². The molecule has 3 saturated heterocycles. The second-order valence-electron chi connectivity index (χ2n) is 13.4. The summed E-state index contributed by atoms with van der Waals surface area (Å²) < 4.78 is 50.4. The molecular formula is C34H38F2N8O3S. The van der Waals surface area contributed by atoms with E-state index in [0.29, 0.717) is 23.4 Å². The summed E-state index contributed by atoms with van der Waals surface area (Å²) >= 11 is 0.955. The fourth-order valence-corrected chi connectivity index (χ4v) is 9.30. The second kappa shape index (κ2) is 12.3. The van der Waals surface area contributed by atoms with Crippen molar-refractivity contribution in [3.05, 3.63) is 34.5 Å². The van der Waals surface area contributed by atoms with Crippen LogP contribution in [0.5, 0.6) is 6.01 Å². The highest BCUT2D eigenvalue weighted by molar-refractivity contribution is 7.23. The quantitative estimate of drug-likeness (QED) is 0.276. The maximum absolute atomic E-state index is 17.4. The molecule has 0 radical (unpaired) electrons. The number of hydrogen-bond acceptors (Lipinski definition) is 12. The zero-order valence-corrected chi connectivity index (χ0v) is 28.1. The number of methoxy groups -OCH3 is 1. The highest BCUT2D eigenvalue weighted by atomic mass is 32.1. The maximum atomic E-state index is 17.4. The molecule has 8 rings (SSSR count). The molecule has 4 aromatic rings. The number of rotatable bonds is 8. The summed E-state index contributed by atoms with van der Waals surface area (Å²) in [5.74, 6) is -0.594. The number of likely N-dealkylation sites (N-methyl/N-ethyl adjacent to an activating group) is 1. The Bertz CT molecular complexity index is 1950. The molecule has 4 unspecified atom stereocenters. The van der Waals surface area contributed by atoms with Gasteiger partial charge in [-0.3, -0.25) is 14.8 Å². The number of hydrogen-bond donors (Lipinski definition) is 1. The van der Waals surface area contributed by atoms with Gasteiger partial charge in [-0.15, -0.1) is 11.3 Å². The van der Waals surface area contributed by atoms with Gasteiger partial charge >= 0.3 is 6.01 Å². The molecule has 11 nitrogen and oxygen atoms in total. The summed E-state index contributed by atoms with van der Waals surface area (Å²) in [6.07, 6.45) is 4.89. The van der Waals surface area contributed by atoms with Gasteiger partial charge < -0.3 is 24.8 Å². The van der Waals surface area contributed by atoms with Gasteiger partial charge in [0.05, 0.1) is 47.4 Å². The number of piperazine rings is 1. The highest BCUT2D eigenvalue weighted by Gasteiger charge is 2.43. The number of nitrogens with two attached hydrogens (primary N) is 1. The van der Waals surface area contributed by atoms with E-state index in [9.17, 15) is 5.26 Å². The molecule has 0 aliphatic carbocycles. The van der Waals surface area contributed by atoms with Crippen molar-refractivity contribution in [1.29, 1.82) is 5.26 Å². The Morgan fingerprint density at radius 3 is 2.62 bits per heavy atom. The Morgan fingerprint density at radius 1 is 1.15 bits per heavy atom. The van der Waals surface area contributed by atoms with Crippen LogP contribution < -0.4 is 15.4 Å². The molecular weight excluding hydrogens is 638 g/mol. The molecule has 7 heterocycles. The van der Waals surface area contributed by atoms with E-state index in [1.165, 1.54) is 0 Å². The molecule has 3 fully saturated rings. The van der Waals surface area contributed by atoms with Crippen LogP contribution in [0.3, 0.4) is 0 Å². The first-order chi connectivity index (χ1) is 23.3. The molecule has 0 saturated carbocycles. The van der Waals surface area contributed by atoms with Crippen molar-refractivity contribution < 1.29 is 23.0 Å². The van der Waals surface area contributed by atoms with Crippen molar-refractivity contribution in [3.8, 4) is 23.3 Å². The number of nitrogens with zero attached hydrogens (tertiary/aromatic N) is 7. The van der Waals surface area contributed by atoms with E-state index < -0.39 is 11.6 Å². The molecule has 252 valence electrons. The van der Waals surface area contributed by atoms with Crippen molar-refractivity contribution in [2.45, 2.75) is 70.1 Å². The summed E-state index contributed by atoms with van der Waals surface area (Å²) in [6.45, 7) is 6.55. The SMILES string of the molecule is COCCN1CC2CCC(C1)N2c1nc(OC(C)C2CCCN2C)nc2c(F)c(-c3ncc(F)c4sc(N)c(C#N)c34)c3c(c12)COC3. The molecule has 4 aliphatic rings. The van der Waals surface area contributed by atoms with Crippen molar-refractivity contribution in [2.24, 2.45) is 0 Å². The third-order valence-electron chi connectivity index (χ3n) is 10.6. The molecule has 0 spiro atoms. The Balaban J connectivity index is 1.34. The first kappa shape index (κ1) is 31.5. The van der Waals surface area contributed by atoms with Crippen LogP contribution in [0.15, 0.2) is 6.20 Å². The largest absolute Gasteiger partial charge is 0.459 e. The summed E-state index contributed by atoms with van der Waals surface area (Å²) in [4.78, 5) is 21.3. The molecule has 3 aromatic heterocycles. The van der Waals surface area contributed by atoms with Crippen molar-refractivity contribution >= 4 is 43.1 Å². The number of pyridine rings is 1.